The average Bonchev–Trinajstić information content (AvgIpc) is 2.63. The van der Waals surface area contributed by atoms with Crippen LogP contribution in [-0.4, -0.2) is 34.0 Å². The van der Waals surface area contributed by atoms with Crippen molar-refractivity contribution >= 4 is 22.7 Å². The van der Waals surface area contributed by atoms with Crippen molar-refractivity contribution in [3.63, 3.8) is 0 Å². The molecule has 0 radical (unpaired) electrons. The van der Waals surface area contributed by atoms with Crippen LogP contribution in [0.2, 0.25) is 0 Å². The second-order valence-electron chi connectivity index (χ2n) is 6.97. The molecule has 2 aromatic rings. The van der Waals surface area contributed by atoms with E-state index in [0.717, 1.165) is 37.9 Å². The zero-order chi connectivity index (χ0) is 19.4. The van der Waals surface area contributed by atoms with Gasteiger partial charge in [0.1, 0.15) is 11.9 Å². The molecule has 1 aromatic heterocycles. The van der Waals surface area contributed by atoms with E-state index in [4.69, 9.17) is 0 Å². The highest BCUT2D eigenvalue weighted by Crippen LogP contribution is 2.16. The number of fused-ring (bicyclic) bond motifs is 2. The highest BCUT2D eigenvalue weighted by Gasteiger charge is 2.18. The number of carbonyl (C=O) groups is 2. The summed E-state index contributed by atoms with van der Waals surface area (Å²) in [4.78, 5) is 41.8. The minimum Gasteiger partial charge on any atom is -0.355 e. The van der Waals surface area contributed by atoms with Crippen molar-refractivity contribution in [2.75, 3.05) is 6.54 Å². The molecule has 1 aliphatic rings. The third-order valence-corrected chi connectivity index (χ3v) is 4.92. The van der Waals surface area contributed by atoms with Crippen molar-refractivity contribution in [3.8, 4) is 0 Å². The second kappa shape index (κ2) is 8.33. The first-order valence-electron chi connectivity index (χ1n) is 9.63. The van der Waals surface area contributed by atoms with Crippen LogP contribution >= 0.6 is 0 Å². The number of nitrogens with one attached hydrogen (secondary N) is 2. The lowest BCUT2D eigenvalue weighted by Gasteiger charge is -2.17. The Kier molecular flexibility index (Phi) is 5.88. The molecule has 27 heavy (non-hydrogen) atoms. The van der Waals surface area contributed by atoms with E-state index in [2.05, 4.69) is 15.6 Å². The van der Waals surface area contributed by atoms with Crippen molar-refractivity contribution in [1.29, 1.82) is 0 Å². The maximum Gasteiger partial charge on any atom is 0.261 e. The summed E-state index contributed by atoms with van der Waals surface area (Å²) in [6, 6.07) is 4.27. The van der Waals surface area contributed by atoms with E-state index in [0.29, 0.717) is 29.6 Å². The minimum absolute atomic E-state index is 0.0421. The molecule has 0 spiro atoms. The third kappa shape index (κ3) is 4.18. The first-order valence-corrected chi connectivity index (χ1v) is 9.63. The number of aryl methyl sites for hydroxylation is 1. The highest BCUT2D eigenvalue weighted by atomic mass is 16.2. The Morgan fingerprint density at radius 3 is 2.78 bits per heavy atom. The monoisotopic (exact) mass is 370 g/mol. The number of benzene rings is 1. The van der Waals surface area contributed by atoms with Crippen molar-refractivity contribution in [3.05, 3.63) is 39.9 Å². The highest BCUT2D eigenvalue weighted by molar-refractivity contribution is 5.99. The van der Waals surface area contributed by atoms with E-state index in [1.165, 1.54) is 0 Å². The third-order valence-electron chi connectivity index (χ3n) is 4.92. The Morgan fingerprint density at radius 1 is 1.22 bits per heavy atom. The van der Waals surface area contributed by atoms with E-state index in [1.807, 2.05) is 6.92 Å². The summed E-state index contributed by atoms with van der Waals surface area (Å²) < 4.78 is 1.78. The maximum absolute atomic E-state index is 12.8. The Hall–Kier alpha value is -2.70. The lowest BCUT2D eigenvalue weighted by Crippen LogP contribution is -2.44. The Bertz CT molecular complexity index is 919. The Balaban J connectivity index is 1.90. The zero-order valence-electron chi connectivity index (χ0n) is 15.9. The number of rotatable bonds is 4. The van der Waals surface area contributed by atoms with Gasteiger partial charge in [-0.05, 0) is 44.9 Å². The molecule has 1 unspecified atom stereocenters. The molecule has 0 aliphatic carbocycles. The molecule has 2 amide bonds. The summed E-state index contributed by atoms with van der Waals surface area (Å²) in [5, 5.41) is 5.87. The number of hydrogen-bond acceptors (Lipinski definition) is 4. The number of hydrogen-bond donors (Lipinski definition) is 2. The fraction of sp³-hybridized carbons (Fsp3) is 0.500. The van der Waals surface area contributed by atoms with Gasteiger partial charge in [-0.15, -0.1) is 0 Å². The minimum atomic E-state index is -0.637. The molecule has 2 heterocycles. The molecule has 7 nitrogen and oxygen atoms in total. The van der Waals surface area contributed by atoms with Gasteiger partial charge in [-0.2, -0.15) is 0 Å². The zero-order valence-corrected chi connectivity index (χ0v) is 15.9. The van der Waals surface area contributed by atoms with Crippen LogP contribution in [0, 0.1) is 0 Å². The molecule has 1 aliphatic heterocycles. The van der Waals surface area contributed by atoms with Gasteiger partial charge in [-0.1, -0.05) is 12.8 Å². The van der Waals surface area contributed by atoms with Gasteiger partial charge in [-0.3, -0.25) is 19.0 Å². The summed E-state index contributed by atoms with van der Waals surface area (Å²) >= 11 is 0. The van der Waals surface area contributed by atoms with Gasteiger partial charge in [-0.25, -0.2) is 4.98 Å². The van der Waals surface area contributed by atoms with Gasteiger partial charge in [0.2, 0.25) is 5.91 Å². The van der Waals surface area contributed by atoms with E-state index in [1.54, 1.807) is 29.7 Å². The van der Waals surface area contributed by atoms with Gasteiger partial charge < -0.3 is 10.6 Å². The van der Waals surface area contributed by atoms with Crippen molar-refractivity contribution in [2.24, 2.45) is 0 Å². The quantitative estimate of drug-likeness (QED) is 0.858. The lowest BCUT2D eigenvalue weighted by atomic mass is 10.1. The van der Waals surface area contributed by atoms with Gasteiger partial charge in [0.05, 0.1) is 10.9 Å². The SMILES string of the molecule is CCNC(=O)C(C)NC(=O)c1ccc2c(=O)n3c(nc2c1)CCCCCC3. The van der Waals surface area contributed by atoms with Gasteiger partial charge in [0.25, 0.3) is 11.5 Å². The number of nitrogens with zero attached hydrogens (tertiary/aromatic N) is 2. The van der Waals surface area contributed by atoms with Crippen LogP contribution in [-0.2, 0) is 17.8 Å². The molecule has 0 fully saturated rings. The molecule has 0 bridgehead atoms. The van der Waals surface area contributed by atoms with Crippen LogP contribution in [0.5, 0.6) is 0 Å². The van der Waals surface area contributed by atoms with E-state index >= 15 is 0 Å². The van der Waals surface area contributed by atoms with Crippen LogP contribution in [0.25, 0.3) is 10.9 Å². The fourth-order valence-corrected chi connectivity index (χ4v) is 3.41. The Labute approximate surface area is 158 Å². The molecule has 0 saturated carbocycles. The van der Waals surface area contributed by atoms with Crippen molar-refractivity contribution < 1.29 is 9.59 Å². The maximum atomic E-state index is 12.8. The normalized spacial score (nSPS) is 15.3. The molecule has 1 aromatic carbocycles. The van der Waals surface area contributed by atoms with Crippen LogP contribution in [0.3, 0.4) is 0 Å². The summed E-state index contributed by atoms with van der Waals surface area (Å²) in [5.41, 5.74) is 0.881. The lowest BCUT2D eigenvalue weighted by molar-refractivity contribution is -0.122. The molecule has 1 atom stereocenters. The van der Waals surface area contributed by atoms with Crippen molar-refractivity contribution in [2.45, 2.75) is 58.5 Å². The molecule has 144 valence electrons. The standard InChI is InChI=1S/C20H26N4O3/c1-3-21-18(25)13(2)22-19(26)14-9-10-15-16(12-14)23-17-8-6-4-5-7-11-24(17)20(15)27/h9-10,12-13H,3-8,11H2,1-2H3,(H,21,25)(H,22,26). The van der Waals surface area contributed by atoms with Crippen molar-refractivity contribution in [1.82, 2.24) is 20.2 Å². The molecular formula is C20H26N4O3. The number of aromatic nitrogens is 2. The van der Waals surface area contributed by atoms with Crippen LogP contribution in [0.1, 0.15) is 55.7 Å². The molecular weight excluding hydrogens is 344 g/mol. The average molecular weight is 370 g/mol. The summed E-state index contributed by atoms with van der Waals surface area (Å²) in [6.07, 6.45) is 5.05. The van der Waals surface area contributed by atoms with Gasteiger partial charge in [0.15, 0.2) is 0 Å². The van der Waals surface area contributed by atoms with E-state index in [-0.39, 0.29) is 17.4 Å². The number of amides is 2. The molecule has 0 saturated heterocycles. The predicted molar refractivity (Wildman–Crippen MR) is 104 cm³/mol. The largest absolute Gasteiger partial charge is 0.355 e. The van der Waals surface area contributed by atoms with E-state index in [9.17, 15) is 14.4 Å². The van der Waals surface area contributed by atoms with Gasteiger partial charge >= 0.3 is 0 Å². The predicted octanol–water partition coefficient (Wildman–Crippen LogP) is 1.77. The second-order valence-corrected chi connectivity index (χ2v) is 6.97. The number of likely N-dealkylation sites (N-methyl/N-ethyl adjacent to an activating group) is 1. The summed E-state index contributed by atoms with van der Waals surface area (Å²) in [5.74, 6) is 0.203. The Morgan fingerprint density at radius 2 is 2.00 bits per heavy atom. The van der Waals surface area contributed by atoms with E-state index < -0.39 is 6.04 Å². The van der Waals surface area contributed by atoms with Crippen LogP contribution in [0.4, 0.5) is 0 Å². The van der Waals surface area contributed by atoms with Gasteiger partial charge in [0, 0.05) is 25.1 Å². The molecule has 2 N–H and O–H groups in total. The van der Waals surface area contributed by atoms with Crippen LogP contribution in [0.15, 0.2) is 23.0 Å². The molecule has 3 rings (SSSR count). The molecule has 7 heteroatoms. The fourth-order valence-electron chi connectivity index (χ4n) is 3.41. The first kappa shape index (κ1) is 19.1. The number of carbonyl (C=O) groups excluding carboxylic acids is 2. The topological polar surface area (TPSA) is 93.1 Å². The van der Waals surface area contributed by atoms with Crippen LogP contribution < -0.4 is 16.2 Å². The summed E-state index contributed by atoms with van der Waals surface area (Å²) in [7, 11) is 0. The summed E-state index contributed by atoms with van der Waals surface area (Å²) in [6.45, 7) is 4.67. The first-order chi connectivity index (χ1) is 13.0. The smallest absolute Gasteiger partial charge is 0.261 e.